The molecule has 0 aliphatic carbocycles. The van der Waals surface area contributed by atoms with Crippen molar-refractivity contribution in [3.63, 3.8) is 0 Å². The molecule has 7 heteroatoms. The number of aliphatic hydroxyl groups excluding tert-OH is 1. The Bertz CT molecular complexity index is 1520. The Hall–Kier alpha value is -3.68. The maximum absolute atomic E-state index is 12.7. The molecule has 1 fully saturated rings. The SMILES string of the molecule is Cc1cc(-c2cnc3[nH]cc(-c4ccc(C(=O)N(C)CC(C)O)cc4)c3c2)cc2c1N1CCN(C)C[C@H]1CC2. The number of rotatable bonds is 5. The quantitative estimate of drug-likeness (QED) is 0.396. The lowest BCUT2D eigenvalue weighted by Crippen LogP contribution is -2.54. The van der Waals surface area contributed by atoms with Gasteiger partial charge in [0.25, 0.3) is 5.91 Å². The van der Waals surface area contributed by atoms with E-state index in [1.165, 1.54) is 28.8 Å². The number of aromatic nitrogens is 2. The number of aryl methyl sites for hydroxylation is 2. The number of fused-ring (bicyclic) bond motifs is 4. The monoisotopic (exact) mass is 523 g/mol. The van der Waals surface area contributed by atoms with Crippen LogP contribution in [-0.4, -0.2) is 83.2 Å². The van der Waals surface area contributed by atoms with Crippen molar-refractivity contribution in [1.82, 2.24) is 19.8 Å². The first-order valence-electron chi connectivity index (χ1n) is 13.9. The molecule has 0 bridgehead atoms. The lowest BCUT2D eigenvalue weighted by atomic mass is 9.89. The predicted molar refractivity (Wildman–Crippen MR) is 157 cm³/mol. The number of anilines is 1. The molecule has 4 heterocycles. The minimum atomic E-state index is -0.561. The van der Waals surface area contributed by atoms with E-state index in [2.05, 4.69) is 47.0 Å². The summed E-state index contributed by atoms with van der Waals surface area (Å²) >= 11 is 0. The Balaban J connectivity index is 1.30. The highest BCUT2D eigenvalue weighted by molar-refractivity contribution is 5.98. The molecule has 2 aliphatic rings. The number of aliphatic hydroxyl groups is 1. The summed E-state index contributed by atoms with van der Waals surface area (Å²) < 4.78 is 0. The van der Waals surface area contributed by atoms with Gasteiger partial charge in [0.05, 0.1) is 6.10 Å². The van der Waals surface area contributed by atoms with Crippen LogP contribution in [0.25, 0.3) is 33.3 Å². The van der Waals surface area contributed by atoms with Crippen molar-refractivity contribution < 1.29 is 9.90 Å². The van der Waals surface area contributed by atoms with Gasteiger partial charge >= 0.3 is 0 Å². The van der Waals surface area contributed by atoms with Crippen molar-refractivity contribution in [1.29, 1.82) is 0 Å². The lowest BCUT2D eigenvalue weighted by molar-refractivity contribution is 0.0703. The molecule has 4 aromatic rings. The van der Waals surface area contributed by atoms with Crippen LogP contribution in [-0.2, 0) is 6.42 Å². The van der Waals surface area contributed by atoms with Gasteiger partial charge in [-0.2, -0.15) is 0 Å². The molecule has 1 unspecified atom stereocenters. The molecule has 0 radical (unpaired) electrons. The van der Waals surface area contributed by atoms with Crippen LogP contribution in [0.3, 0.4) is 0 Å². The smallest absolute Gasteiger partial charge is 0.253 e. The predicted octanol–water partition coefficient (Wildman–Crippen LogP) is 4.72. The number of likely N-dealkylation sites (N-methyl/N-ethyl adjacent to an activating group) is 2. The minimum absolute atomic E-state index is 0.101. The molecule has 202 valence electrons. The molecule has 2 aromatic heterocycles. The van der Waals surface area contributed by atoms with E-state index in [1.54, 1.807) is 18.9 Å². The second-order valence-electron chi connectivity index (χ2n) is 11.4. The van der Waals surface area contributed by atoms with Gasteiger partial charge in [-0.05, 0) is 86.3 Å². The summed E-state index contributed by atoms with van der Waals surface area (Å²) in [5, 5.41) is 10.7. The average molecular weight is 524 g/mol. The number of carbonyl (C=O) groups excluding carboxylic acids is 1. The number of aromatic amines is 1. The molecule has 7 nitrogen and oxygen atoms in total. The highest BCUT2D eigenvalue weighted by atomic mass is 16.3. The van der Waals surface area contributed by atoms with Gasteiger partial charge in [0.15, 0.2) is 0 Å². The zero-order chi connectivity index (χ0) is 27.3. The van der Waals surface area contributed by atoms with E-state index in [1.807, 2.05) is 36.7 Å². The first-order valence-corrected chi connectivity index (χ1v) is 13.9. The second kappa shape index (κ2) is 10.1. The van der Waals surface area contributed by atoms with Crippen molar-refractivity contribution in [2.24, 2.45) is 0 Å². The number of pyridine rings is 1. The van der Waals surface area contributed by atoms with Crippen LogP contribution in [0.1, 0.15) is 34.8 Å². The summed E-state index contributed by atoms with van der Waals surface area (Å²) in [5.41, 5.74) is 10.1. The van der Waals surface area contributed by atoms with E-state index in [9.17, 15) is 9.90 Å². The fourth-order valence-corrected chi connectivity index (χ4v) is 6.39. The van der Waals surface area contributed by atoms with Crippen molar-refractivity contribution in [2.75, 3.05) is 45.2 Å². The molecule has 6 rings (SSSR count). The van der Waals surface area contributed by atoms with Crippen molar-refractivity contribution in [2.45, 2.75) is 38.8 Å². The van der Waals surface area contributed by atoms with Crippen LogP contribution in [0, 0.1) is 6.92 Å². The summed E-state index contributed by atoms with van der Waals surface area (Å²) in [6.07, 6.45) is 5.71. The van der Waals surface area contributed by atoms with Gasteiger partial charge in [-0.3, -0.25) is 4.79 Å². The molecule has 1 amide bonds. The largest absolute Gasteiger partial charge is 0.392 e. The van der Waals surface area contributed by atoms with Gasteiger partial charge < -0.3 is 24.8 Å². The fraction of sp³-hybridized carbons (Fsp3) is 0.375. The van der Waals surface area contributed by atoms with E-state index >= 15 is 0 Å². The Morgan fingerprint density at radius 3 is 2.72 bits per heavy atom. The van der Waals surface area contributed by atoms with Crippen LogP contribution < -0.4 is 4.90 Å². The number of carbonyl (C=O) groups is 1. The normalized spacial score (nSPS) is 18.1. The first-order chi connectivity index (χ1) is 18.8. The Labute approximate surface area is 230 Å². The number of nitrogens with one attached hydrogen (secondary N) is 1. The summed E-state index contributed by atoms with van der Waals surface area (Å²) in [4.78, 5) is 27.4. The summed E-state index contributed by atoms with van der Waals surface area (Å²) in [5.74, 6) is -0.101. The number of amides is 1. The average Bonchev–Trinajstić information content (AvgIpc) is 3.35. The highest BCUT2D eigenvalue weighted by Crippen LogP contribution is 2.39. The topological polar surface area (TPSA) is 75.7 Å². The Morgan fingerprint density at radius 1 is 1.15 bits per heavy atom. The van der Waals surface area contributed by atoms with Crippen molar-refractivity contribution >= 4 is 22.6 Å². The molecule has 2 aromatic carbocycles. The van der Waals surface area contributed by atoms with Crippen LogP contribution in [0.4, 0.5) is 5.69 Å². The number of H-pyrrole nitrogens is 1. The number of piperazine rings is 1. The molecule has 1 saturated heterocycles. The number of nitrogens with zero attached hydrogens (tertiary/aromatic N) is 4. The van der Waals surface area contributed by atoms with Crippen LogP contribution in [0.2, 0.25) is 0 Å². The number of hydrogen-bond donors (Lipinski definition) is 2. The molecule has 2 N–H and O–H groups in total. The van der Waals surface area contributed by atoms with Gasteiger partial charge in [-0.1, -0.05) is 12.1 Å². The fourth-order valence-electron chi connectivity index (χ4n) is 6.39. The highest BCUT2D eigenvalue weighted by Gasteiger charge is 2.31. The van der Waals surface area contributed by atoms with Crippen molar-refractivity contribution in [3.05, 3.63) is 71.5 Å². The molecular formula is C32H37N5O2. The van der Waals surface area contributed by atoms with E-state index in [-0.39, 0.29) is 5.91 Å². The van der Waals surface area contributed by atoms with E-state index < -0.39 is 6.10 Å². The lowest BCUT2D eigenvalue weighted by Gasteiger charge is -2.46. The molecule has 0 spiro atoms. The third kappa shape index (κ3) is 4.81. The maximum atomic E-state index is 12.7. The molecule has 2 atom stereocenters. The number of hydrogen-bond acceptors (Lipinski definition) is 5. The molecule has 2 aliphatic heterocycles. The molecule has 0 saturated carbocycles. The number of benzene rings is 2. The third-order valence-electron chi connectivity index (χ3n) is 8.29. The van der Waals surface area contributed by atoms with Crippen LogP contribution >= 0.6 is 0 Å². The second-order valence-corrected chi connectivity index (χ2v) is 11.4. The van der Waals surface area contributed by atoms with E-state index in [4.69, 9.17) is 4.98 Å². The van der Waals surface area contributed by atoms with Crippen LogP contribution in [0.5, 0.6) is 0 Å². The van der Waals surface area contributed by atoms with E-state index in [0.29, 0.717) is 18.2 Å². The molecule has 39 heavy (non-hydrogen) atoms. The zero-order valence-electron chi connectivity index (χ0n) is 23.2. The maximum Gasteiger partial charge on any atom is 0.253 e. The summed E-state index contributed by atoms with van der Waals surface area (Å²) in [6.45, 7) is 7.58. The third-order valence-corrected chi connectivity index (χ3v) is 8.29. The minimum Gasteiger partial charge on any atom is -0.392 e. The summed E-state index contributed by atoms with van der Waals surface area (Å²) in [7, 11) is 3.94. The summed E-state index contributed by atoms with van der Waals surface area (Å²) in [6, 6.07) is 15.2. The van der Waals surface area contributed by atoms with Crippen LogP contribution in [0.15, 0.2) is 54.9 Å². The standard InChI is InChI=1S/C32H37N5O2/c1-20-13-25(14-24-9-10-27-19-35(3)11-12-37(27)30(20)24)26-15-28-29(17-34-31(28)33-16-26)22-5-7-23(8-6-22)32(39)36(4)18-21(2)38/h5-8,13-17,21,27,38H,9-12,18-19H2,1-4H3,(H,33,34)/t21?,27-/m1/s1. The van der Waals surface area contributed by atoms with E-state index in [0.717, 1.165) is 53.8 Å². The van der Waals surface area contributed by atoms with Crippen molar-refractivity contribution in [3.8, 4) is 22.3 Å². The Morgan fingerprint density at radius 2 is 1.95 bits per heavy atom. The van der Waals surface area contributed by atoms with Gasteiger partial charge in [0, 0.05) is 79.4 Å². The van der Waals surface area contributed by atoms with Gasteiger partial charge in [-0.25, -0.2) is 4.98 Å². The first kappa shape index (κ1) is 25.6. The van der Waals surface area contributed by atoms with Gasteiger partial charge in [0.1, 0.15) is 5.65 Å². The molecular weight excluding hydrogens is 486 g/mol. The van der Waals surface area contributed by atoms with Gasteiger partial charge in [-0.15, -0.1) is 0 Å². The zero-order valence-corrected chi connectivity index (χ0v) is 23.2. The van der Waals surface area contributed by atoms with Gasteiger partial charge in [0.2, 0.25) is 0 Å². The Kier molecular flexibility index (Phi) is 6.65.